The molecule has 0 saturated carbocycles. The lowest BCUT2D eigenvalue weighted by Gasteiger charge is -2.11. The van der Waals surface area contributed by atoms with E-state index in [2.05, 4.69) is 10.4 Å². The molecule has 0 aromatic carbocycles. The quantitative estimate of drug-likeness (QED) is 0.706. The maximum Gasteiger partial charge on any atom is 0.241 e. The molecule has 1 heterocycles. The maximum atomic E-state index is 11.8. The molecule has 1 atom stereocenters. The van der Waals surface area contributed by atoms with Crippen LogP contribution in [0.15, 0.2) is 6.20 Å². The van der Waals surface area contributed by atoms with Crippen LogP contribution in [0.4, 0.5) is 5.69 Å². The van der Waals surface area contributed by atoms with E-state index >= 15 is 0 Å². The molecule has 1 amide bonds. The molecule has 0 bridgehead atoms. The lowest BCUT2D eigenvalue weighted by atomic mass is 10.1. The topological polar surface area (TPSA) is 82.2 Å². The SMILES string of the molecule is COCCCC(N)C(=O)Nc1cn(C)nc1C. The Kier molecular flexibility index (Phi) is 5.11. The largest absolute Gasteiger partial charge is 0.385 e. The second kappa shape index (κ2) is 6.36. The third-order valence-corrected chi connectivity index (χ3v) is 2.47. The number of rotatable bonds is 6. The zero-order chi connectivity index (χ0) is 12.8. The number of nitrogens with one attached hydrogen (secondary N) is 1. The first kappa shape index (κ1) is 13.7. The minimum Gasteiger partial charge on any atom is -0.385 e. The van der Waals surface area contributed by atoms with Crippen LogP contribution in [0.1, 0.15) is 18.5 Å². The fourth-order valence-electron chi connectivity index (χ4n) is 1.53. The molecule has 6 heteroatoms. The summed E-state index contributed by atoms with van der Waals surface area (Å²) in [7, 11) is 3.44. The summed E-state index contributed by atoms with van der Waals surface area (Å²) in [4.78, 5) is 11.8. The van der Waals surface area contributed by atoms with E-state index in [1.807, 2.05) is 6.92 Å². The number of hydrogen-bond acceptors (Lipinski definition) is 4. The molecule has 0 radical (unpaired) electrons. The Morgan fingerprint density at radius 2 is 2.41 bits per heavy atom. The standard InChI is InChI=1S/C11H20N4O2/c1-8-10(7-15(2)14-8)13-11(16)9(12)5-4-6-17-3/h7,9H,4-6,12H2,1-3H3,(H,13,16). The van der Waals surface area contributed by atoms with Gasteiger partial charge in [0.2, 0.25) is 5.91 Å². The average Bonchev–Trinajstić information content (AvgIpc) is 2.57. The summed E-state index contributed by atoms with van der Waals surface area (Å²) < 4.78 is 6.57. The summed E-state index contributed by atoms with van der Waals surface area (Å²) >= 11 is 0. The van der Waals surface area contributed by atoms with Gasteiger partial charge >= 0.3 is 0 Å². The van der Waals surface area contributed by atoms with Crippen LogP contribution in [0.5, 0.6) is 0 Å². The molecule has 1 rings (SSSR count). The first-order chi connectivity index (χ1) is 8.04. The van der Waals surface area contributed by atoms with E-state index in [0.29, 0.717) is 18.7 Å². The molecule has 17 heavy (non-hydrogen) atoms. The number of hydrogen-bond donors (Lipinski definition) is 2. The van der Waals surface area contributed by atoms with Gasteiger partial charge in [0.1, 0.15) is 0 Å². The minimum atomic E-state index is -0.509. The molecule has 3 N–H and O–H groups in total. The molecule has 0 spiro atoms. The second-order valence-corrected chi connectivity index (χ2v) is 4.03. The number of aryl methyl sites for hydroxylation is 2. The van der Waals surface area contributed by atoms with Gasteiger partial charge in [0, 0.05) is 27.0 Å². The fourth-order valence-corrected chi connectivity index (χ4v) is 1.53. The van der Waals surface area contributed by atoms with Crippen molar-refractivity contribution in [1.82, 2.24) is 9.78 Å². The Labute approximate surface area is 101 Å². The van der Waals surface area contributed by atoms with Gasteiger partial charge in [-0.15, -0.1) is 0 Å². The number of amides is 1. The highest BCUT2D eigenvalue weighted by Crippen LogP contribution is 2.11. The lowest BCUT2D eigenvalue weighted by molar-refractivity contribution is -0.117. The van der Waals surface area contributed by atoms with Crippen molar-refractivity contribution in [2.45, 2.75) is 25.8 Å². The molecular weight excluding hydrogens is 220 g/mol. The number of methoxy groups -OCH3 is 1. The molecule has 1 aromatic rings. The number of ether oxygens (including phenoxy) is 1. The fraction of sp³-hybridized carbons (Fsp3) is 0.636. The number of carbonyl (C=O) groups is 1. The Bertz CT molecular complexity index is 376. The number of nitrogens with zero attached hydrogens (tertiary/aromatic N) is 2. The van der Waals surface area contributed by atoms with Crippen molar-refractivity contribution in [2.75, 3.05) is 19.0 Å². The van der Waals surface area contributed by atoms with Gasteiger partial charge in [-0.2, -0.15) is 5.10 Å². The van der Waals surface area contributed by atoms with E-state index in [1.165, 1.54) is 0 Å². The van der Waals surface area contributed by atoms with Gasteiger partial charge in [0.05, 0.1) is 17.4 Å². The van der Waals surface area contributed by atoms with E-state index in [-0.39, 0.29) is 5.91 Å². The highest BCUT2D eigenvalue weighted by Gasteiger charge is 2.15. The number of aromatic nitrogens is 2. The van der Waals surface area contributed by atoms with Gasteiger partial charge in [-0.1, -0.05) is 0 Å². The van der Waals surface area contributed by atoms with Crippen molar-refractivity contribution in [1.29, 1.82) is 0 Å². The van der Waals surface area contributed by atoms with Crippen LogP contribution in [0.3, 0.4) is 0 Å². The Hall–Kier alpha value is -1.40. The molecule has 0 saturated heterocycles. The Morgan fingerprint density at radius 3 is 2.94 bits per heavy atom. The predicted octanol–water partition coefficient (Wildman–Crippen LogP) is 0.421. The summed E-state index contributed by atoms with van der Waals surface area (Å²) in [5.41, 5.74) is 7.26. The predicted molar refractivity (Wildman–Crippen MR) is 65.7 cm³/mol. The van der Waals surface area contributed by atoms with E-state index < -0.39 is 6.04 Å². The Balaban J connectivity index is 2.45. The molecule has 1 aromatic heterocycles. The van der Waals surface area contributed by atoms with Crippen LogP contribution in [0.25, 0.3) is 0 Å². The number of nitrogens with two attached hydrogens (primary N) is 1. The molecular formula is C11H20N4O2. The van der Waals surface area contributed by atoms with Crippen molar-refractivity contribution in [2.24, 2.45) is 12.8 Å². The zero-order valence-electron chi connectivity index (χ0n) is 10.6. The van der Waals surface area contributed by atoms with E-state index in [4.69, 9.17) is 10.5 Å². The molecule has 0 aliphatic heterocycles. The normalized spacial score (nSPS) is 12.5. The van der Waals surface area contributed by atoms with E-state index in [1.54, 1.807) is 25.0 Å². The van der Waals surface area contributed by atoms with Gasteiger partial charge in [0.15, 0.2) is 0 Å². The summed E-state index contributed by atoms with van der Waals surface area (Å²) in [5, 5.41) is 6.91. The Morgan fingerprint density at radius 1 is 1.71 bits per heavy atom. The summed E-state index contributed by atoms with van der Waals surface area (Å²) in [6, 6.07) is -0.509. The first-order valence-corrected chi connectivity index (χ1v) is 5.60. The van der Waals surface area contributed by atoms with Gasteiger partial charge in [-0.05, 0) is 19.8 Å². The van der Waals surface area contributed by atoms with Gasteiger partial charge in [-0.3, -0.25) is 9.48 Å². The molecule has 0 aliphatic carbocycles. The molecule has 1 unspecified atom stereocenters. The third kappa shape index (κ3) is 4.16. The summed E-state index contributed by atoms with van der Waals surface area (Å²) in [5.74, 6) is -0.183. The zero-order valence-corrected chi connectivity index (χ0v) is 10.6. The van der Waals surface area contributed by atoms with Crippen molar-refractivity contribution >= 4 is 11.6 Å². The van der Waals surface area contributed by atoms with Crippen LogP contribution in [-0.4, -0.2) is 35.4 Å². The van der Waals surface area contributed by atoms with Crippen LogP contribution >= 0.6 is 0 Å². The molecule has 96 valence electrons. The average molecular weight is 240 g/mol. The van der Waals surface area contributed by atoms with Gasteiger partial charge in [-0.25, -0.2) is 0 Å². The van der Waals surface area contributed by atoms with Crippen molar-refractivity contribution < 1.29 is 9.53 Å². The number of anilines is 1. The van der Waals surface area contributed by atoms with Gasteiger partial charge < -0.3 is 15.8 Å². The smallest absolute Gasteiger partial charge is 0.241 e. The molecule has 6 nitrogen and oxygen atoms in total. The van der Waals surface area contributed by atoms with E-state index in [9.17, 15) is 4.79 Å². The summed E-state index contributed by atoms with van der Waals surface area (Å²) in [6.07, 6.45) is 3.14. The first-order valence-electron chi connectivity index (χ1n) is 5.60. The van der Waals surface area contributed by atoms with Crippen molar-refractivity contribution in [3.8, 4) is 0 Å². The molecule has 0 fully saturated rings. The van der Waals surface area contributed by atoms with E-state index in [0.717, 1.165) is 12.1 Å². The monoisotopic (exact) mass is 240 g/mol. The lowest BCUT2D eigenvalue weighted by Crippen LogP contribution is -2.35. The number of carbonyl (C=O) groups excluding carboxylic acids is 1. The van der Waals surface area contributed by atoms with Crippen LogP contribution in [0, 0.1) is 6.92 Å². The van der Waals surface area contributed by atoms with Crippen LogP contribution in [-0.2, 0) is 16.6 Å². The van der Waals surface area contributed by atoms with Crippen molar-refractivity contribution in [3.05, 3.63) is 11.9 Å². The van der Waals surface area contributed by atoms with Crippen LogP contribution in [0.2, 0.25) is 0 Å². The summed E-state index contributed by atoms with van der Waals surface area (Å²) in [6.45, 7) is 2.46. The second-order valence-electron chi connectivity index (χ2n) is 4.03. The van der Waals surface area contributed by atoms with Crippen LogP contribution < -0.4 is 11.1 Å². The molecule has 0 aliphatic rings. The van der Waals surface area contributed by atoms with Crippen molar-refractivity contribution in [3.63, 3.8) is 0 Å². The third-order valence-electron chi connectivity index (χ3n) is 2.47. The minimum absolute atomic E-state index is 0.183. The highest BCUT2D eigenvalue weighted by molar-refractivity contribution is 5.94. The maximum absolute atomic E-state index is 11.8. The highest BCUT2D eigenvalue weighted by atomic mass is 16.5. The van der Waals surface area contributed by atoms with Gasteiger partial charge in [0.25, 0.3) is 0 Å².